The number of ether oxygens (including phenoxy) is 1. The second kappa shape index (κ2) is 10.2. The first-order valence-electron chi connectivity index (χ1n) is 10.7. The minimum atomic E-state index is -0.354. The van der Waals surface area contributed by atoms with Crippen LogP contribution in [-0.4, -0.2) is 42.4 Å². The highest BCUT2D eigenvalue weighted by atomic mass is 16.5. The molecule has 2 N–H and O–H groups in total. The van der Waals surface area contributed by atoms with Gasteiger partial charge in [-0.25, -0.2) is 0 Å². The molecule has 168 valence electrons. The van der Waals surface area contributed by atoms with Gasteiger partial charge in [0.05, 0.1) is 5.57 Å². The first-order valence-corrected chi connectivity index (χ1v) is 10.7. The van der Waals surface area contributed by atoms with Crippen LogP contribution < -0.4 is 10.6 Å². The smallest absolute Gasteiger partial charge is 0.278 e. The molecule has 3 rings (SSSR count). The Labute approximate surface area is 188 Å². The molecule has 0 radical (unpaired) electrons. The van der Waals surface area contributed by atoms with Crippen LogP contribution in [0.25, 0.3) is 5.57 Å². The van der Waals surface area contributed by atoms with E-state index in [2.05, 4.69) is 10.6 Å². The number of amides is 3. The normalized spacial score (nSPS) is 13.7. The zero-order chi connectivity index (χ0) is 23.3. The number of imide groups is 1. The quantitative estimate of drug-likeness (QED) is 0.461. The third-order valence-electron chi connectivity index (χ3n) is 5.17. The number of rotatable bonds is 9. The van der Waals surface area contributed by atoms with E-state index >= 15 is 0 Å². The summed E-state index contributed by atoms with van der Waals surface area (Å²) in [4.78, 5) is 39.1. The number of carbonyl (C=O) groups is 3. The number of hydrogen-bond acceptors (Lipinski definition) is 5. The Morgan fingerprint density at radius 1 is 1.00 bits per heavy atom. The summed E-state index contributed by atoms with van der Waals surface area (Å²) in [5.41, 5.74) is 4.67. The predicted molar refractivity (Wildman–Crippen MR) is 125 cm³/mol. The maximum absolute atomic E-state index is 13.3. The van der Waals surface area contributed by atoms with Crippen molar-refractivity contribution in [1.29, 1.82) is 0 Å². The van der Waals surface area contributed by atoms with Crippen molar-refractivity contribution in [2.45, 2.75) is 34.1 Å². The van der Waals surface area contributed by atoms with Crippen molar-refractivity contribution < 1.29 is 19.1 Å². The molecular weight excluding hydrogens is 406 g/mol. The first-order chi connectivity index (χ1) is 15.3. The molecule has 1 aliphatic heterocycles. The van der Waals surface area contributed by atoms with Crippen molar-refractivity contribution in [2.75, 3.05) is 30.4 Å². The highest BCUT2D eigenvalue weighted by Crippen LogP contribution is 2.32. The van der Waals surface area contributed by atoms with E-state index in [1.165, 1.54) is 11.8 Å². The fourth-order valence-corrected chi connectivity index (χ4v) is 3.69. The van der Waals surface area contributed by atoms with E-state index in [4.69, 9.17) is 4.74 Å². The lowest BCUT2D eigenvalue weighted by molar-refractivity contribution is -0.137. The summed E-state index contributed by atoms with van der Waals surface area (Å²) in [5.74, 6) is -0.826. The van der Waals surface area contributed by atoms with Gasteiger partial charge in [-0.05, 0) is 62.6 Å². The standard InChI is InChI=1S/C25H29N3O4/c1-5-32-14-6-13-28-24(30)22(21-12-7-16(2)15-17(21)3)23(25(28)31)27-20-10-8-19(9-11-20)26-18(4)29/h7-12,15,27H,5-6,13-14H2,1-4H3,(H,26,29). The molecule has 0 saturated carbocycles. The average molecular weight is 436 g/mol. The van der Waals surface area contributed by atoms with Crippen LogP contribution in [0.15, 0.2) is 48.2 Å². The molecule has 2 aromatic rings. The van der Waals surface area contributed by atoms with E-state index in [-0.39, 0.29) is 23.4 Å². The van der Waals surface area contributed by atoms with Gasteiger partial charge in [0, 0.05) is 38.1 Å². The summed E-state index contributed by atoms with van der Waals surface area (Å²) in [7, 11) is 0. The number of aryl methyl sites for hydroxylation is 2. The van der Waals surface area contributed by atoms with Crippen molar-refractivity contribution in [2.24, 2.45) is 0 Å². The summed E-state index contributed by atoms with van der Waals surface area (Å²) in [6, 6.07) is 12.8. The third kappa shape index (κ3) is 5.23. The van der Waals surface area contributed by atoms with Crippen molar-refractivity contribution in [3.8, 4) is 0 Å². The number of nitrogens with one attached hydrogen (secondary N) is 2. The van der Waals surface area contributed by atoms with E-state index < -0.39 is 0 Å². The monoisotopic (exact) mass is 435 g/mol. The molecule has 0 bridgehead atoms. The van der Waals surface area contributed by atoms with Crippen LogP contribution in [0.5, 0.6) is 0 Å². The van der Waals surface area contributed by atoms with E-state index in [1.54, 1.807) is 24.3 Å². The zero-order valence-electron chi connectivity index (χ0n) is 19.0. The number of carbonyl (C=O) groups excluding carboxylic acids is 3. The van der Waals surface area contributed by atoms with Gasteiger partial charge in [0.1, 0.15) is 5.70 Å². The fourth-order valence-electron chi connectivity index (χ4n) is 3.69. The van der Waals surface area contributed by atoms with Crippen LogP contribution in [0, 0.1) is 13.8 Å². The van der Waals surface area contributed by atoms with Gasteiger partial charge in [-0.3, -0.25) is 19.3 Å². The van der Waals surface area contributed by atoms with Crippen molar-refractivity contribution in [1.82, 2.24) is 4.90 Å². The molecule has 7 nitrogen and oxygen atoms in total. The van der Waals surface area contributed by atoms with E-state index in [0.717, 1.165) is 16.7 Å². The Bertz CT molecular complexity index is 1060. The van der Waals surface area contributed by atoms with Crippen LogP contribution in [0.3, 0.4) is 0 Å². The average Bonchev–Trinajstić information content (AvgIpc) is 2.96. The highest BCUT2D eigenvalue weighted by Gasteiger charge is 2.39. The van der Waals surface area contributed by atoms with Crippen LogP contribution in [0.2, 0.25) is 0 Å². The maximum atomic E-state index is 13.3. The molecule has 0 aliphatic carbocycles. The molecule has 0 fully saturated rings. The van der Waals surface area contributed by atoms with Gasteiger partial charge < -0.3 is 15.4 Å². The van der Waals surface area contributed by atoms with Gasteiger partial charge in [0.15, 0.2) is 0 Å². The van der Waals surface area contributed by atoms with Crippen LogP contribution in [0.1, 0.15) is 37.0 Å². The van der Waals surface area contributed by atoms with Gasteiger partial charge in [-0.1, -0.05) is 23.8 Å². The van der Waals surface area contributed by atoms with Gasteiger partial charge in [-0.2, -0.15) is 0 Å². The van der Waals surface area contributed by atoms with Crippen molar-refractivity contribution in [3.63, 3.8) is 0 Å². The topological polar surface area (TPSA) is 87.7 Å². The highest BCUT2D eigenvalue weighted by molar-refractivity contribution is 6.36. The van der Waals surface area contributed by atoms with Gasteiger partial charge in [0.2, 0.25) is 5.91 Å². The van der Waals surface area contributed by atoms with Gasteiger partial charge in [-0.15, -0.1) is 0 Å². The largest absolute Gasteiger partial charge is 0.382 e. The van der Waals surface area contributed by atoms with Crippen molar-refractivity contribution >= 4 is 34.7 Å². The molecular formula is C25H29N3O4. The Morgan fingerprint density at radius 3 is 2.31 bits per heavy atom. The van der Waals surface area contributed by atoms with E-state index in [9.17, 15) is 14.4 Å². The van der Waals surface area contributed by atoms with Crippen LogP contribution >= 0.6 is 0 Å². The number of hydrogen-bond donors (Lipinski definition) is 2. The molecule has 7 heteroatoms. The minimum absolute atomic E-state index is 0.162. The summed E-state index contributed by atoms with van der Waals surface area (Å²) in [6.45, 7) is 8.64. The third-order valence-corrected chi connectivity index (χ3v) is 5.17. The molecule has 1 aliphatic rings. The lowest BCUT2D eigenvalue weighted by Gasteiger charge is -2.15. The molecule has 3 amide bonds. The van der Waals surface area contributed by atoms with E-state index in [0.29, 0.717) is 43.1 Å². The Kier molecular flexibility index (Phi) is 7.43. The molecule has 1 heterocycles. The molecule has 0 saturated heterocycles. The Hall–Kier alpha value is -3.45. The number of anilines is 2. The molecule has 2 aromatic carbocycles. The summed E-state index contributed by atoms with van der Waals surface area (Å²) >= 11 is 0. The van der Waals surface area contributed by atoms with Crippen molar-refractivity contribution in [3.05, 3.63) is 64.9 Å². The zero-order valence-corrected chi connectivity index (χ0v) is 19.0. The van der Waals surface area contributed by atoms with E-state index in [1.807, 2.05) is 39.0 Å². The number of nitrogens with zero attached hydrogens (tertiary/aromatic N) is 1. The fraction of sp³-hybridized carbons (Fsp3) is 0.320. The summed E-state index contributed by atoms with van der Waals surface area (Å²) in [6.07, 6.45) is 0.574. The van der Waals surface area contributed by atoms with Gasteiger partial charge in [0.25, 0.3) is 11.8 Å². The lowest BCUT2D eigenvalue weighted by atomic mass is 9.97. The van der Waals surface area contributed by atoms with Gasteiger partial charge >= 0.3 is 0 Å². The summed E-state index contributed by atoms with van der Waals surface area (Å²) < 4.78 is 5.36. The first kappa shape index (κ1) is 23.2. The van der Waals surface area contributed by atoms with Crippen LogP contribution in [-0.2, 0) is 19.1 Å². The predicted octanol–water partition coefficient (Wildman–Crippen LogP) is 3.88. The summed E-state index contributed by atoms with van der Waals surface area (Å²) in [5, 5.41) is 5.86. The second-order valence-corrected chi connectivity index (χ2v) is 7.76. The maximum Gasteiger partial charge on any atom is 0.278 e. The Morgan fingerprint density at radius 2 is 1.69 bits per heavy atom. The second-order valence-electron chi connectivity index (χ2n) is 7.76. The number of benzene rings is 2. The molecule has 32 heavy (non-hydrogen) atoms. The molecule has 0 unspecified atom stereocenters. The lowest BCUT2D eigenvalue weighted by Crippen LogP contribution is -2.34. The SMILES string of the molecule is CCOCCCN1C(=O)C(Nc2ccc(NC(C)=O)cc2)=C(c2ccc(C)cc2C)C1=O. The van der Waals surface area contributed by atoms with Crippen LogP contribution in [0.4, 0.5) is 11.4 Å². The molecule has 0 atom stereocenters. The Balaban J connectivity index is 1.94. The minimum Gasteiger partial charge on any atom is -0.382 e. The molecule has 0 aromatic heterocycles. The molecule has 0 spiro atoms.